The number of nitrogens with two attached hydrogens (primary N) is 1. The zero-order valence-corrected chi connectivity index (χ0v) is 16.2. The van der Waals surface area contributed by atoms with Gasteiger partial charge < -0.3 is 19.9 Å². The van der Waals surface area contributed by atoms with Crippen molar-refractivity contribution in [2.45, 2.75) is 44.4 Å². The number of hydrogen-bond donors (Lipinski definition) is 1. The van der Waals surface area contributed by atoms with Crippen molar-refractivity contribution in [3.63, 3.8) is 0 Å². The van der Waals surface area contributed by atoms with Gasteiger partial charge in [-0.1, -0.05) is 0 Å². The highest BCUT2D eigenvalue weighted by molar-refractivity contribution is 5.88. The maximum Gasteiger partial charge on any atom is 0.192 e. The van der Waals surface area contributed by atoms with E-state index in [1.54, 1.807) is 13.1 Å². The van der Waals surface area contributed by atoms with Crippen molar-refractivity contribution in [1.82, 2.24) is 4.57 Å². The summed E-state index contributed by atoms with van der Waals surface area (Å²) in [4.78, 5) is 14.7. The first-order valence-electron chi connectivity index (χ1n) is 9.90. The summed E-state index contributed by atoms with van der Waals surface area (Å²) < 4.78 is 36.5. The average Bonchev–Trinajstić information content (AvgIpc) is 3.25. The molecule has 2 saturated heterocycles. The Bertz CT molecular complexity index is 1040. The monoisotopic (exact) mass is 389 g/mol. The van der Waals surface area contributed by atoms with E-state index in [2.05, 4.69) is 0 Å². The summed E-state index contributed by atoms with van der Waals surface area (Å²) in [6, 6.07) is 1.04. The average molecular weight is 389 g/mol. The molecule has 1 aliphatic carbocycles. The molecule has 2 aromatic rings. The second-order valence-electron chi connectivity index (χ2n) is 8.75. The molecular weight excluding hydrogens is 364 g/mol. The van der Waals surface area contributed by atoms with E-state index in [0.717, 1.165) is 6.42 Å². The van der Waals surface area contributed by atoms with Crippen LogP contribution in [-0.2, 0) is 4.74 Å². The Labute approximate surface area is 162 Å². The van der Waals surface area contributed by atoms with Crippen LogP contribution in [0.25, 0.3) is 10.9 Å². The van der Waals surface area contributed by atoms with Crippen molar-refractivity contribution >= 4 is 16.6 Å². The van der Waals surface area contributed by atoms with Crippen molar-refractivity contribution in [2.75, 3.05) is 31.2 Å². The largest absolute Gasteiger partial charge is 0.379 e. The number of anilines is 1. The van der Waals surface area contributed by atoms with E-state index in [9.17, 15) is 9.18 Å². The Hall–Kier alpha value is -1.99. The summed E-state index contributed by atoms with van der Waals surface area (Å²) in [6.07, 6.45) is 2.08. The predicted octanol–water partition coefficient (Wildman–Crippen LogP) is 2.59. The van der Waals surface area contributed by atoms with Gasteiger partial charge in [0.25, 0.3) is 0 Å². The summed E-state index contributed by atoms with van der Waals surface area (Å²) in [7, 11) is 0. The topological polar surface area (TPSA) is 60.5 Å². The first-order valence-corrected chi connectivity index (χ1v) is 9.90. The predicted molar refractivity (Wildman–Crippen MR) is 104 cm³/mol. The Morgan fingerprint density at radius 1 is 1.36 bits per heavy atom. The molecule has 1 aromatic carbocycles. The van der Waals surface area contributed by atoms with Gasteiger partial charge in [-0.3, -0.25) is 4.79 Å². The molecule has 3 aliphatic rings. The zero-order chi connectivity index (χ0) is 19.8. The molecule has 3 fully saturated rings. The molecule has 1 aromatic heterocycles. The minimum atomic E-state index is -0.919. The number of alkyl halides is 1. The number of aryl methyl sites for hydroxylation is 2. The Morgan fingerprint density at radius 3 is 2.79 bits per heavy atom. The molecule has 2 aliphatic heterocycles. The number of benzene rings is 1. The number of halogens is 2. The summed E-state index contributed by atoms with van der Waals surface area (Å²) in [6.45, 7) is 5.83. The molecule has 7 heteroatoms. The lowest BCUT2D eigenvalue weighted by atomic mass is 9.85. The van der Waals surface area contributed by atoms with Crippen LogP contribution >= 0.6 is 0 Å². The number of ether oxygens (including phenoxy) is 1. The third kappa shape index (κ3) is 2.52. The van der Waals surface area contributed by atoms with Crippen LogP contribution in [0.4, 0.5) is 14.5 Å². The van der Waals surface area contributed by atoms with Gasteiger partial charge in [0.1, 0.15) is 12.0 Å². The molecule has 28 heavy (non-hydrogen) atoms. The molecule has 2 N–H and O–H groups in total. The van der Waals surface area contributed by atoms with Crippen molar-refractivity contribution in [3.05, 3.63) is 39.4 Å². The van der Waals surface area contributed by atoms with E-state index in [1.165, 1.54) is 6.07 Å². The van der Waals surface area contributed by atoms with Crippen LogP contribution in [0.2, 0.25) is 0 Å². The number of hydrogen-bond acceptors (Lipinski definition) is 4. The fourth-order valence-corrected chi connectivity index (χ4v) is 5.09. The molecule has 0 amide bonds. The first-order chi connectivity index (χ1) is 13.3. The molecule has 4 atom stereocenters. The van der Waals surface area contributed by atoms with Crippen molar-refractivity contribution < 1.29 is 13.5 Å². The van der Waals surface area contributed by atoms with E-state index in [4.69, 9.17) is 10.5 Å². The molecule has 0 spiro atoms. The number of rotatable bonds is 2. The Balaban J connectivity index is 1.69. The number of fused-ring (bicyclic) bond motifs is 2. The third-order valence-electron chi connectivity index (χ3n) is 6.73. The van der Waals surface area contributed by atoms with Crippen LogP contribution in [0.3, 0.4) is 0 Å². The third-order valence-corrected chi connectivity index (χ3v) is 6.73. The molecule has 5 rings (SSSR count). The molecule has 0 radical (unpaired) electrons. The van der Waals surface area contributed by atoms with Crippen LogP contribution < -0.4 is 16.1 Å². The number of nitrogens with zero attached hydrogens (tertiary/aromatic N) is 2. The fraction of sp³-hybridized carbons (Fsp3) is 0.571. The summed E-state index contributed by atoms with van der Waals surface area (Å²) >= 11 is 0. The quantitative estimate of drug-likeness (QED) is 0.858. The second kappa shape index (κ2) is 6.00. The van der Waals surface area contributed by atoms with E-state index < -0.39 is 17.5 Å². The fourth-order valence-electron chi connectivity index (χ4n) is 5.09. The molecule has 3 heterocycles. The van der Waals surface area contributed by atoms with E-state index in [1.807, 2.05) is 16.4 Å². The maximum absolute atomic E-state index is 15.2. The lowest BCUT2D eigenvalue weighted by molar-refractivity contribution is 0.0203. The molecule has 0 bridgehead atoms. The lowest BCUT2D eigenvalue weighted by Gasteiger charge is -2.34. The molecule has 5 nitrogen and oxygen atoms in total. The van der Waals surface area contributed by atoms with Gasteiger partial charge in [-0.15, -0.1) is 0 Å². The van der Waals surface area contributed by atoms with E-state index >= 15 is 4.39 Å². The van der Waals surface area contributed by atoms with Gasteiger partial charge in [-0.05, 0) is 31.9 Å². The van der Waals surface area contributed by atoms with Gasteiger partial charge in [-0.25, -0.2) is 8.78 Å². The SMILES string of the molecule is Cc1cn([C@@H]2C[C@@H]2F)c2c(C)c(N3C[C@@H]4CCOC[C@@]4(N)C3)c(F)cc2c1=O. The molecule has 1 saturated carbocycles. The van der Waals surface area contributed by atoms with Gasteiger partial charge >= 0.3 is 0 Å². The minimum Gasteiger partial charge on any atom is -0.379 e. The van der Waals surface area contributed by atoms with Crippen LogP contribution in [0.1, 0.15) is 30.0 Å². The van der Waals surface area contributed by atoms with Gasteiger partial charge in [0.15, 0.2) is 5.43 Å². The maximum atomic E-state index is 15.2. The van der Waals surface area contributed by atoms with Gasteiger partial charge in [0, 0.05) is 49.2 Å². The smallest absolute Gasteiger partial charge is 0.192 e. The summed E-state index contributed by atoms with van der Waals surface area (Å²) in [5.74, 6) is -0.176. The van der Waals surface area contributed by atoms with E-state index in [0.29, 0.717) is 60.4 Å². The van der Waals surface area contributed by atoms with Crippen molar-refractivity contribution in [3.8, 4) is 0 Å². The number of pyridine rings is 1. The van der Waals surface area contributed by atoms with Crippen molar-refractivity contribution in [2.24, 2.45) is 11.7 Å². The second-order valence-corrected chi connectivity index (χ2v) is 8.75. The van der Waals surface area contributed by atoms with E-state index in [-0.39, 0.29) is 17.4 Å². The zero-order valence-electron chi connectivity index (χ0n) is 16.2. The Morgan fingerprint density at radius 2 is 2.11 bits per heavy atom. The van der Waals surface area contributed by atoms with Gasteiger partial charge in [0.2, 0.25) is 0 Å². The van der Waals surface area contributed by atoms with Crippen LogP contribution in [-0.4, -0.2) is 42.6 Å². The minimum absolute atomic E-state index is 0.199. The molecule has 150 valence electrons. The highest BCUT2D eigenvalue weighted by Crippen LogP contribution is 2.43. The molecule has 0 unspecified atom stereocenters. The van der Waals surface area contributed by atoms with Gasteiger partial charge in [0.05, 0.1) is 29.4 Å². The van der Waals surface area contributed by atoms with Crippen LogP contribution in [0, 0.1) is 25.6 Å². The summed E-state index contributed by atoms with van der Waals surface area (Å²) in [5.41, 5.74) is 8.16. The highest BCUT2D eigenvalue weighted by Gasteiger charge is 2.47. The normalized spacial score (nSPS) is 32.0. The Kier molecular flexibility index (Phi) is 3.87. The number of aromatic nitrogens is 1. The van der Waals surface area contributed by atoms with Crippen LogP contribution in [0.5, 0.6) is 0 Å². The van der Waals surface area contributed by atoms with Gasteiger partial charge in [-0.2, -0.15) is 0 Å². The van der Waals surface area contributed by atoms with Crippen LogP contribution in [0.15, 0.2) is 17.1 Å². The standard InChI is InChI=1S/C21H25F2N3O2/c1-11-7-26(17-6-15(17)22)18-12(2)19(16(23)5-14(18)20(11)27)25-8-13-3-4-28-10-21(13,24)9-25/h5,7,13,15,17H,3-4,6,8-10,24H2,1-2H3/t13-,15-,17+,21-/m0/s1. The summed E-state index contributed by atoms with van der Waals surface area (Å²) in [5, 5.41) is 0.320. The lowest BCUT2D eigenvalue weighted by Crippen LogP contribution is -2.54. The highest BCUT2D eigenvalue weighted by atomic mass is 19.1. The molecular formula is C21H25F2N3O2. The van der Waals surface area contributed by atoms with Crippen molar-refractivity contribution in [1.29, 1.82) is 0 Å². The first kappa shape index (κ1) is 18.1.